The molecule has 0 saturated heterocycles. The topological polar surface area (TPSA) is 25.2 Å². The Morgan fingerprint density at radius 1 is 1.64 bits per heavy atom. The molecule has 0 aromatic carbocycles. The normalized spacial score (nSPS) is 12.7. The fourth-order valence-corrected chi connectivity index (χ4v) is 1.62. The molecule has 1 atom stereocenters. The van der Waals surface area contributed by atoms with Crippen molar-refractivity contribution in [1.29, 1.82) is 0 Å². The first kappa shape index (κ1) is 11.5. The highest BCUT2D eigenvalue weighted by atomic mass is 79.9. The van der Waals surface area contributed by atoms with Gasteiger partial charge in [-0.05, 0) is 47.4 Å². The van der Waals surface area contributed by atoms with Crippen LogP contribution < -0.4 is 5.32 Å². The van der Waals surface area contributed by atoms with Crippen molar-refractivity contribution in [3.63, 3.8) is 0 Å². The number of nitrogens with one attached hydrogen (secondary N) is 1. The first-order valence-electron chi connectivity index (χ1n) is 4.87. The molecule has 0 spiro atoms. The van der Waals surface area contributed by atoms with Crippen LogP contribution in [0.2, 0.25) is 0 Å². The largest absolute Gasteiger partial charge is 0.453 e. The lowest BCUT2D eigenvalue weighted by Crippen LogP contribution is -2.21. The molecule has 1 aromatic heterocycles. The van der Waals surface area contributed by atoms with Gasteiger partial charge in [0.2, 0.25) is 0 Å². The highest BCUT2D eigenvalue weighted by Gasteiger charge is 2.12. The molecule has 1 rings (SSSR count). The van der Waals surface area contributed by atoms with Gasteiger partial charge in [0.05, 0.1) is 6.04 Å². The molecule has 0 amide bonds. The maximum absolute atomic E-state index is 5.50. The zero-order valence-electron chi connectivity index (χ0n) is 8.42. The van der Waals surface area contributed by atoms with E-state index in [9.17, 15) is 0 Å². The van der Waals surface area contributed by atoms with Gasteiger partial charge in [-0.15, -0.1) is 6.58 Å². The molecule has 78 valence electrons. The minimum atomic E-state index is 0.249. The smallest absolute Gasteiger partial charge is 0.169 e. The van der Waals surface area contributed by atoms with Gasteiger partial charge in [0.25, 0.3) is 0 Å². The van der Waals surface area contributed by atoms with Crippen molar-refractivity contribution >= 4 is 15.9 Å². The van der Waals surface area contributed by atoms with E-state index in [1.165, 1.54) is 0 Å². The molecule has 2 nitrogen and oxygen atoms in total. The predicted octanol–water partition coefficient (Wildman–Crippen LogP) is 3.66. The van der Waals surface area contributed by atoms with Crippen molar-refractivity contribution in [3.8, 4) is 0 Å². The zero-order valence-corrected chi connectivity index (χ0v) is 10.0. The lowest BCUT2D eigenvalue weighted by atomic mass is 10.1. The lowest BCUT2D eigenvalue weighted by molar-refractivity contribution is 0.403. The summed E-state index contributed by atoms with van der Waals surface area (Å²) < 4.78 is 6.28. The minimum Gasteiger partial charge on any atom is -0.453 e. The Labute approximate surface area is 93.5 Å². The first-order valence-corrected chi connectivity index (χ1v) is 5.66. The van der Waals surface area contributed by atoms with Crippen LogP contribution in [0.25, 0.3) is 0 Å². The molecule has 1 heterocycles. The number of furan rings is 1. The van der Waals surface area contributed by atoms with Crippen molar-refractivity contribution in [1.82, 2.24) is 5.32 Å². The van der Waals surface area contributed by atoms with E-state index in [0.717, 1.165) is 29.8 Å². The first-order chi connectivity index (χ1) is 6.77. The average molecular weight is 258 g/mol. The van der Waals surface area contributed by atoms with Crippen LogP contribution in [0.15, 0.2) is 33.9 Å². The fourth-order valence-electron chi connectivity index (χ4n) is 1.30. The Morgan fingerprint density at radius 2 is 2.43 bits per heavy atom. The third-order valence-corrected chi connectivity index (χ3v) is 2.41. The van der Waals surface area contributed by atoms with Crippen molar-refractivity contribution in [2.75, 3.05) is 6.54 Å². The molecule has 1 unspecified atom stereocenters. The van der Waals surface area contributed by atoms with Crippen LogP contribution in [0.5, 0.6) is 0 Å². The Balaban J connectivity index is 2.61. The monoisotopic (exact) mass is 257 g/mol. The summed E-state index contributed by atoms with van der Waals surface area (Å²) in [5.41, 5.74) is 0. The fraction of sp³-hybridized carbons (Fsp3) is 0.455. The third-order valence-electron chi connectivity index (χ3n) is 1.98. The molecule has 0 aliphatic carbocycles. The van der Waals surface area contributed by atoms with Crippen molar-refractivity contribution in [2.24, 2.45) is 0 Å². The van der Waals surface area contributed by atoms with Gasteiger partial charge in [-0.3, -0.25) is 0 Å². The number of hydrogen-bond acceptors (Lipinski definition) is 2. The molecule has 1 N–H and O–H groups in total. The van der Waals surface area contributed by atoms with E-state index in [-0.39, 0.29) is 6.04 Å². The summed E-state index contributed by atoms with van der Waals surface area (Å²) in [5.74, 6) is 0.963. The van der Waals surface area contributed by atoms with Crippen molar-refractivity contribution in [2.45, 2.75) is 25.8 Å². The molecule has 14 heavy (non-hydrogen) atoms. The van der Waals surface area contributed by atoms with Crippen LogP contribution in [0.1, 0.15) is 31.6 Å². The van der Waals surface area contributed by atoms with Crippen LogP contribution in [-0.4, -0.2) is 6.54 Å². The molecule has 0 aliphatic heterocycles. The summed E-state index contributed by atoms with van der Waals surface area (Å²) in [4.78, 5) is 0. The SMILES string of the molecule is C=CCC(NCCC)c1ccc(Br)o1. The van der Waals surface area contributed by atoms with E-state index in [2.05, 4.69) is 34.7 Å². The van der Waals surface area contributed by atoms with Gasteiger partial charge in [-0.25, -0.2) is 0 Å². The number of halogens is 1. The minimum absolute atomic E-state index is 0.249. The van der Waals surface area contributed by atoms with Crippen molar-refractivity contribution in [3.05, 3.63) is 35.2 Å². The van der Waals surface area contributed by atoms with E-state index in [4.69, 9.17) is 4.42 Å². The van der Waals surface area contributed by atoms with Gasteiger partial charge in [0.15, 0.2) is 4.67 Å². The van der Waals surface area contributed by atoms with Crippen molar-refractivity contribution < 1.29 is 4.42 Å². The average Bonchev–Trinajstić information content (AvgIpc) is 2.59. The van der Waals surface area contributed by atoms with E-state index in [1.54, 1.807) is 0 Å². The molecule has 3 heteroatoms. The summed E-state index contributed by atoms with van der Waals surface area (Å²) in [6.45, 7) is 6.89. The van der Waals surface area contributed by atoms with E-state index in [0.29, 0.717) is 0 Å². The summed E-state index contributed by atoms with van der Waals surface area (Å²) in [6.07, 6.45) is 3.92. The second-order valence-electron chi connectivity index (χ2n) is 3.17. The van der Waals surface area contributed by atoms with Crippen LogP contribution >= 0.6 is 15.9 Å². The Hall–Kier alpha value is -0.540. The molecule has 0 saturated carbocycles. The van der Waals surface area contributed by atoms with Gasteiger partial charge in [0, 0.05) is 0 Å². The van der Waals surface area contributed by atoms with Gasteiger partial charge < -0.3 is 9.73 Å². The Kier molecular flexibility index (Phi) is 4.98. The Morgan fingerprint density at radius 3 is 2.93 bits per heavy atom. The highest BCUT2D eigenvalue weighted by molar-refractivity contribution is 9.10. The molecule has 1 aromatic rings. The molecule has 0 aliphatic rings. The molecule has 0 radical (unpaired) electrons. The van der Waals surface area contributed by atoms with Gasteiger partial charge in [-0.2, -0.15) is 0 Å². The molecule has 0 fully saturated rings. The summed E-state index contributed by atoms with van der Waals surface area (Å²) >= 11 is 3.30. The molecular weight excluding hydrogens is 242 g/mol. The quantitative estimate of drug-likeness (QED) is 0.788. The maximum Gasteiger partial charge on any atom is 0.169 e. The second-order valence-corrected chi connectivity index (χ2v) is 3.95. The Bertz CT molecular complexity index is 283. The molecule has 0 bridgehead atoms. The number of hydrogen-bond donors (Lipinski definition) is 1. The third kappa shape index (κ3) is 3.31. The van der Waals surface area contributed by atoms with Crippen LogP contribution in [-0.2, 0) is 0 Å². The van der Waals surface area contributed by atoms with E-state index >= 15 is 0 Å². The van der Waals surface area contributed by atoms with E-state index < -0.39 is 0 Å². The summed E-state index contributed by atoms with van der Waals surface area (Å²) in [5, 5.41) is 3.41. The summed E-state index contributed by atoms with van der Waals surface area (Å²) in [7, 11) is 0. The van der Waals surface area contributed by atoms with Gasteiger partial charge in [0.1, 0.15) is 5.76 Å². The zero-order chi connectivity index (χ0) is 10.4. The van der Waals surface area contributed by atoms with E-state index in [1.807, 2.05) is 18.2 Å². The lowest BCUT2D eigenvalue weighted by Gasteiger charge is -2.13. The van der Waals surface area contributed by atoms with Crippen LogP contribution in [0.4, 0.5) is 0 Å². The highest BCUT2D eigenvalue weighted by Crippen LogP contribution is 2.22. The predicted molar refractivity (Wildman–Crippen MR) is 62.3 cm³/mol. The van der Waals surface area contributed by atoms with Gasteiger partial charge in [-0.1, -0.05) is 13.0 Å². The van der Waals surface area contributed by atoms with Gasteiger partial charge >= 0.3 is 0 Å². The standard InChI is InChI=1S/C11H16BrNO/c1-3-5-9(13-8-4-2)10-6-7-11(12)14-10/h3,6-7,9,13H,1,4-5,8H2,2H3. The van der Waals surface area contributed by atoms with Crippen LogP contribution in [0, 0.1) is 0 Å². The number of rotatable bonds is 6. The summed E-state index contributed by atoms with van der Waals surface area (Å²) in [6, 6.07) is 4.15. The second kappa shape index (κ2) is 6.04. The molecular formula is C11H16BrNO. The maximum atomic E-state index is 5.50. The van der Waals surface area contributed by atoms with Crippen LogP contribution in [0.3, 0.4) is 0 Å².